The van der Waals surface area contributed by atoms with Gasteiger partial charge in [-0.15, -0.1) is 0 Å². The molecule has 0 N–H and O–H groups in total. The lowest BCUT2D eigenvalue weighted by Crippen LogP contribution is -2.42. The van der Waals surface area contributed by atoms with Crippen LogP contribution in [-0.2, 0) is 13.6 Å². The minimum atomic E-state index is -1.94. The molecule has 0 saturated carbocycles. The van der Waals surface area contributed by atoms with Crippen LogP contribution in [0.4, 0.5) is 0 Å². The molecule has 0 bridgehead atoms. The average Bonchev–Trinajstić information content (AvgIpc) is 2.45. The molecule has 0 radical (unpaired) electrons. The van der Waals surface area contributed by atoms with E-state index in [1.54, 1.807) is 0 Å². The van der Waals surface area contributed by atoms with Crippen molar-refractivity contribution in [2.75, 3.05) is 26.4 Å². The third kappa shape index (κ3) is 9.60. The Balaban J connectivity index is 3.81. The van der Waals surface area contributed by atoms with Crippen molar-refractivity contribution in [2.45, 2.75) is 71.9 Å². The van der Waals surface area contributed by atoms with Crippen LogP contribution in [0.25, 0.3) is 0 Å². The second kappa shape index (κ2) is 13.1. The fraction of sp³-hybridized carbons (Fsp3) is 1.00. The van der Waals surface area contributed by atoms with Crippen molar-refractivity contribution in [3.63, 3.8) is 0 Å². The lowest BCUT2D eigenvalue weighted by Gasteiger charge is -2.28. The van der Waals surface area contributed by atoms with Crippen LogP contribution in [-0.4, -0.2) is 35.0 Å². The Labute approximate surface area is 121 Å². The molecule has 0 aliphatic rings. The topological polar surface area (TPSA) is 27.7 Å². The maximum Gasteiger partial charge on any atom is 0.337 e. The summed E-state index contributed by atoms with van der Waals surface area (Å²) in [7, 11) is -1.94. The van der Waals surface area contributed by atoms with E-state index in [2.05, 4.69) is 20.8 Å². The summed E-state index contributed by atoms with van der Waals surface area (Å²) in [5.74, 6) is 0. The predicted octanol–water partition coefficient (Wildman–Crippen LogP) is 4.51. The van der Waals surface area contributed by atoms with Crippen molar-refractivity contribution in [2.24, 2.45) is 0 Å². The zero-order valence-electron chi connectivity index (χ0n) is 13.5. The molecule has 0 amide bonds. The molecule has 0 fully saturated rings. The van der Waals surface area contributed by atoms with Gasteiger partial charge in [0.25, 0.3) is 0 Å². The highest BCUT2D eigenvalue weighted by Gasteiger charge is 2.33. The molecular weight excluding hydrogens is 256 g/mol. The molecule has 0 atom stereocenters. The predicted molar refractivity (Wildman–Crippen MR) is 83.9 cm³/mol. The Morgan fingerprint density at radius 2 is 1.32 bits per heavy atom. The van der Waals surface area contributed by atoms with Crippen LogP contribution >= 0.6 is 0 Å². The highest BCUT2D eigenvalue weighted by atomic mass is 28.4. The molecule has 0 aromatic rings. The molecule has 3 nitrogen and oxygen atoms in total. The van der Waals surface area contributed by atoms with Gasteiger partial charge in [-0.05, 0) is 25.4 Å². The first-order valence-electron chi connectivity index (χ1n) is 8.10. The second-order valence-electron chi connectivity index (χ2n) is 4.93. The van der Waals surface area contributed by atoms with Crippen molar-refractivity contribution >= 4 is 8.56 Å². The van der Waals surface area contributed by atoms with E-state index in [9.17, 15) is 0 Å². The van der Waals surface area contributed by atoms with Gasteiger partial charge in [0.15, 0.2) is 0 Å². The van der Waals surface area contributed by atoms with Crippen molar-refractivity contribution < 1.29 is 13.6 Å². The van der Waals surface area contributed by atoms with E-state index in [4.69, 9.17) is 13.6 Å². The normalized spacial score (nSPS) is 12.0. The highest BCUT2D eigenvalue weighted by Crippen LogP contribution is 2.19. The van der Waals surface area contributed by atoms with Gasteiger partial charge in [0.1, 0.15) is 0 Å². The molecule has 0 rings (SSSR count). The van der Waals surface area contributed by atoms with Gasteiger partial charge in [-0.3, -0.25) is 0 Å². The van der Waals surface area contributed by atoms with Crippen molar-refractivity contribution in [1.82, 2.24) is 0 Å². The van der Waals surface area contributed by atoms with E-state index in [0.29, 0.717) is 13.2 Å². The number of hydrogen-bond donors (Lipinski definition) is 0. The van der Waals surface area contributed by atoms with Gasteiger partial charge in [0, 0.05) is 13.2 Å². The van der Waals surface area contributed by atoms with E-state index in [0.717, 1.165) is 25.3 Å². The summed E-state index contributed by atoms with van der Waals surface area (Å²) in [6, 6.07) is 2.06. The van der Waals surface area contributed by atoms with Crippen molar-refractivity contribution in [3.05, 3.63) is 0 Å². The van der Waals surface area contributed by atoms with Gasteiger partial charge >= 0.3 is 8.56 Å². The Morgan fingerprint density at radius 1 is 0.684 bits per heavy atom. The summed E-state index contributed by atoms with van der Waals surface area (Å²) in [5, 5.41) is 0. The minimum absolute atomic E-state index is 0.678. The van der Waals surface area contributed by atoms with Crippen molar-refractivity contribution in [3.8, 4) is 0 Å². The number of hydrogen-bond acceptors (Lipinski definition) is 3. The zero-order valence-corrected chi connectivity index (χ0v) is 14.5. The molecule has 0 spiro atoms. The van der Waals surface area contributed by atoms with Crippen LogP contribution in [0.2, 0.25) is 12.1 Å². The fourth-order valence-corrected chi connectivity index (χ4v) is 4.47. The Bertz CT molecular complexity index is 184. The third-order valence-corrected chi connectivity index (χ3v) is 7.10. The molecule has 0 aliphatic carbocycles. The summed E-state index contributed by atoms with van der Waals surface area (Å²) in [6.07, 6.45) is 6.42. The van der Waals surface area contributed by atoms with Crippen molar-refractivity contribution in [1.29, 1.82) is 0 Å². The molecule has 116 valence electrons. The average molecular weight is 291 g/mol. The molecule has 19 heavy (non-hydrogen) atoms. The van der Waals surface area contributed by atoms with Crippen LogP contribution in [0.3, 0.4) is 0 Å². The van der Waals surface area contributed by atoms with Gasteiger partial charge in [0.05, 0.1) is 13.2 Å². The maximum absolute atomic E-state index is 6.15. The zero-order chi connectivity index (χ0) is 14.4. The van der Waals surface area contributed by atoms with Gasteiger partial charge in [-0.1, -0.05) is 46.5 Å². The van der Waals surface area contributed by atoms with E-state index in [-0.39, 0.29) is 0 Å². The van der Waals surface area contributed by atoms with Crippen LogP contribution in [0.15, 0.2) is 0 Å². The Hall–Kier alpha value is 0.0969. The number of ether oxygens (including phenoxy) is 1. The first kappa shape index (κ1) is 19.1. The molecule has 4 heteroatoms. The SMILES string of the molecule is CCCCCCCO[Si](CC)(CC)OCCOCC. The van der Waals surface area contributed by atoms with Crippen LogP contribution < -0.4 is 0 Å². The quantitative estimate of drug-likeness (QED) is 0.348. The number of rotatable bonds is 14. The van der Waals surface area contributed by atoms with E-state index >= 15 is 0 Å². The number of unbranched alkanes of at least 4 members (excludes halogenated alkanes) is 4. The third-order valence-electron chi connectivity index (χ3n) is 3.49. The lowest BCUT2D eigenvalue weighted by molar-refractivity contribution is 0.0846. The second-order valence-corrected chi connectivity index (χ2v) is 8.74. The summed E-state index contributed by atoms with van der Waals surface area (Å²) in [6.45, 7) is 11.6. The monoisotopic (exact) mass is 290 g/mol. The molecule has 0 saturated heterocycles. The molecule has 0 aromatic carbocycles. The smallest absolute Gasteiger partial charge is 0.337 e. The van der Waals surface area contributed by atoms with Gasteiger partial charge in [-0.25, -0.2) is 0 Å². The van der Waals surface area contributed by atoms with Crippen LogP contribution in [0.1, 0.15) is 59.8 Å². The summed E-state index contributed by atoms with van der Waals surface area (Å²) >= 11 is 0. The van der Waals surface area contributed by atoms with Gasteiger partial charge < -0.3 is 13.6 Å². The first-order valence-corrected chi connectivity index (χ1v) is 10.3. The molecule has 0 aliphatic heterocycles. The van der Waals surface area contributed by atoms with Gasteiger partial charge in [0.2, 0.25) is 0 Å². The van der Waals surface area contributed by atoms with Crippen LogP contribution in [0.5, 0.6) is 0 Å². The van der Waals surface area contributed by atoms with Gasteiger partial charge in [-0.2, -0.15) is 0 Å². The molecule has 0 unspecified atom stereocenters. The molecule has 0 heterocycles. The standard InChI is InChI=1S/C15H34O3Si/c1-5-9-10-11-12-13-17-19(7-3,8-4)18-15-14-16-6-2/h5-15H2,1-4H3. The molecule has 0 aromatic heterocycles. The largest absolute Gasteiger partial charge is 0.394 e. The summed E-state index contributed by atoms with van der Waals surface area (Å²) < 4.78 is 17.5. The first-order chi connectivity index (χ1) is 9.24. The van der Waals surface area contributed by atoms with E-state index < -0.39 is 8.56 Å². The van der Waals surface area contributed by atoms with Crippen LogP contribution in [0, 0.1) is 0 Å². The minimum Gasteiger partial charge on any atom is -0.394 e. The highest BCUT2D eigenvalue weighted by molar-refractivity contribution is 6.67. The van der Waals surface area contributed by atoms with E-state index in [1.807, 2.05) is 6.92 Å². The fourth-order valence-electron chi connectivity index (χ4n) is 2.09. The maximum atomic E-state index is 6.15. The Kier molecular flexibility index (Phi) is 13.2. The Morgan fingerprint density at radius 3 is 1.89 bits per heavy atom. The lowest BCUT2D eigenvalue weighted by atomic mass is 10.2. The summed E-state index contributed by atoms with van der Waals surface area (Å²) in [5.41, 5.74) is 0. The summed E-state index contributed by atoms with van der Waals surface area (Å²) in [4.78, 5) is 0. The van der Waals surface area contributed by atoms with E-state index in [1.165, 1.54) is 32.1 Å². The molecular formula is C15H34O3Si.